The predicted molar refractivity (Wildman–Crippen MR) is 139 cm³/mol. The van der Waals surface area contributed by atoms with Crippen LogP contribution in [0.3, 0.4) is 0 Å². The van der Waals surface area contributed by atoms with Crippen molar-refractivity contribution in [3.05, 3.63) is 78.2 Å². The fourth-order valence-electron chi connectivity index (χ4n) is 4.73. The number of benzene rings is 3. The predicted octanol–water partition coefficient (Wildman–Crippen LogP) is 6.04. The first-order valence-corrected chi connectivity index (χ1v) is 12.3. The Kier molecular flexibility index (Phi) is 6.39. The molecule has 1 saturated heterocycles. The van der Waals surface area contributed by atoms with E-state index in [9.17, 15) is 4.79 Å². The van der Waals surface area contributed by atoms with Crippen LogP contribution in [-0.4, -0.2) is 34.0 Å². The molecule has 1 aromatic heterocycles. The lowest BCUT2D eigenvalue weighted by atomic mass is 9.87. The van der Waals surface area contributed by atoms with Crippen LogP contribution in [0.2, 0.25) is 0 Å². The van der Waals surface area contributed by atoms with Gasteiger partial charge in [-0.3, -0.25) is 9.69 Å². The number of carbonyl (C=O) groups is 1. The maximum atomic E-state index is 13.1. The van der Waals surface area contributed by atoms with Gasteiger partial charge in [0.1, 0.15) is 0 Å². The highest BCUT2D eigenvalue weighted by Crippen LogP contribution is 2.27. The molecular weight excluding hydrogens is 436 g/mol. The summed E-state index contributed by atoms with van der Waals surface area (Å²) in [7, 11) is 0. The van der Waals surface area contributed by atoms with Gasteiger partial charge in [0.05, 0.1) is 12.5 Å². The topological polar surface area (TPSA) is 71.3 Å². The van der Waals surface area contributed by atoms with Gasteiger partial charge < -0.3 is 9.84 Å². The van der Waals surface area contributed by atoms with Gasteiger partial charge in [-0.25, -0.2) is 0 Å². The van der Waals surface area contributed by atoms with Crippen molar-refractivity contribution in [1.82, 2.24) is 15.0 Å². The number of aromatic nitrogens is 2. The third-order valence-electron chi connectivity index (χ3n) is 6.76. The Morgan fingerprint density at radius 2 is 1.83 bits per heavy atom. The van der Waals surface area contributed by atoms with Crippen LogP contribution in [0.4, 0.5) is 5.69 Å². The third-order valence-corrected chi connectivity index (χ3v) is 6.76. The normalized spacial score (nSPS) is 16.9. The van der Waals surface area contributed by atoms with E-state index in [0.29, 0.717) is 24.8 Å². The number of hydrogen-bond acceptors (Lipinski definition) is 5. The molecule has 1 N–H and O–H groups in total. The number of likely N-dealkylation sites (tertiary alicyclic amines) is 1. The Morgan fingerprint density at radius 1 is 1.06 bits per heavy atom. The lowest BCUT2D eigenvalue weighted by molar-refractivity contribution is -0.121. The number of piperidine rings is 1. The number of nitrogens with zero attached hydrogens (tertiary/aromatic N) is 3. The molecule has 6 heteroatoms. The second-order valence-corrected chi connectivity index (χ2v) is 10.4. The molecule has 0 aliphatic carbocycles. The maximum absolute atomic E-state index is 13.1. The fourth-order valence-corrected chi connectivity index (χ4v) is 4.73. The van der Waals surface area contributed by atoms with Gasteiger partial charge in [-0.1, -0.05) is 86.6 Å². The van der Waals surface area contributed by atoms with Crippen LogP contribution in [0.1, 0.15) is 45.1 Å². The van der Waals surface area contributed by atoms with E-state index in [2.05, 4.69) is 65.4 Å². The molecule has 2 heterocycles. The smallest absolute Gasteiger partial charge is 0.241 e. The first-order chi connectivity index (χ1) is 16.9. The minimum Gasteiger partial charge on any atom is -0.338 e. The van der Waals surface area contributed by atoms with Crippen molar-refractivity contribution in [3.8, 4) is 11.4 Å². The number of nitrogens with one attached hydrogen (secondary N) is 1. The van der Waals surface area contributed by atoms with Crippen molar-refractivity contribution >= 4 is 22.4 Å². The van der Waals surface area contributed by atoms with E-state index in [0.717, 1.165) is 41.4 Å². The zero-order valence-corrected chi connectivity index (χ0v) is 20.6. The number of anilines is 1. The van der Waals surface area contributed by atoms with E-state index in [4.69, 9.17) is 4.52 Å². The van der Waals surface area contributed by atoms with Gasteiger partial charge in [0.25, 0.3) is 0 Å². The quantitative estimate of drug-likeness (QED) is 0.387. The first kappa shape index (κ1) is 23.2. The molecule has 6 nitrogen and oxygen atoms in total. The monoisotopic (exact) mass is 468 g/mol. The van der Waals surface area contributed by atoms with Gasteiger partial charge in [0.15, 0.2) is 0 Å². The van der Waals surface area contributed by atoms with E-state index in [1.807, 2.05) is 42.5 Å². The molecule has 3 aromatic carbocycles. The SMILES string of the molecule is CC(C)(C)c1ccc(-c2noc(CN3CCCC(C(=O)Nc4cccc5ccccc45)C3)n2)cc1. The molecule has 180 valence electrons. The highest BCUT2D eigenvalue weighted by atomic mass is 16.5. The van der Waals surface area contributed by atoms with E-state index < -0.39 is 0 Å². The van der Waals surface area contributed by atoms with Crippen molar-refractivity contribution in [3.63, 3.8) is 0 Å². The van der Waals surface area contributed by atoms with E-state index in [-0.39, 0.29) is 17.2 Å². The second kappa shape index (κ2) is 9.62. The van der Waals surface area contributed by atoms with Crippen molar-refractivity contribution in [1.29, 1.82) is 0 Å². The second-order valence-electron chi connectivity index (χ2n) is 10.4. The average molecular weight is 469 g/mol. The first-order valence-electron chi connectivity index (χ1n) is 12.3. The minimum atomic E-state index is -0.0740. The molecule has 0 bridgehead atoms. The van der Waals surface area contributed by atoms with Crippen LogP contribution in [-0.2, 0) is 16.8 Å². The maximum Gasteiger partial charge on any atom is 0.241 e. The molecule has 1 fully saturated rings. The lowest BCUT2D eigenvalue weighted by Gasteiger charge is -2.31. The van der Waals surface area contributed by atoms with Gasteiger partial charge in [0, 0.05) is 23.2 Å². The average Bonchev–Trinajstić information content (AvgIpc) is 3.32. The molecular formula is C29H32N4O2. The molecule has 0 spiro atoms. The Morgan fingerprint density at radius 3 is 2.63 bits per heavy atom. The summed E-state index contributed by atoms with van der Waals surface area (Å²) in [4.78, 5) is 20.0. The minimum absolute atomic E-state index is 0.0659. The van der Waals surface area contributed by atoms with Crippen LogP contribution in [0.25, 0.3) is 22.2 Å². The zero-order valence-electron chi connectivity index (χ0n) is 20.6. The van der Waals surface area contributed by atoms with Crippen LogP contribution >= 0.6 is 0 Å². The number of fused-ring (bicyclic) bond motifs is 1. The number of hydrogen-bond donors (Lipinski definition) is 1. The molecule has 0 saturated carbocycles. The summed E-state index contributed by atoms with van der Waals surface area (Å²) in [5.41, 5.74) is 3.18. The van der Waals surface area contributed by atoms with Crippen LogP contribution in [0.5, 0.6) is 0 Å². The van der Waals surface area contributed by atoms with Gasteiger partial charge in [-0.05, 0) is 41.8 Å². The summed E-state index contributed by atoms with van der Waals surface area (Å²) >= 11 is 0. The van der Waals surface area contributed by atoms with E-state index >= 15 is 0 Å². The van der Waals surface area contributed by atoms with Crippen LogP contribution < -0.4 is 5.32 Å². The van der Waals surface area contributed by atoms with Crippen LogP contribution in [0, 0.1) is 5.92 Å². The molecule has 0 radical (unpaired) electrons. The van der Waals surface area contributed by atoms with Crippen molar-refractivity contribution < 1.29 is 9.32 Å². The molecule has 5 rings (SSSR count). The summed E-state index contributed by atoms with van der Waals surface area (Å²) in [5, 5.41) is 9.53. The van der Waals surface area contributed by atoms with Crippen molar-refractivity contribution in [2.75, 3.05) is 18.4 Å². The van der Waals surface area contributed by atoms with Crippen molar-refractivity contribution in [2.24, 2.45) is 5.92 Å². The van der Waals surface area contributed by atoms with Gasteiger partial charge in [0.2, 0.25) is 17.6 Å². The summed E-state index contributed by atoms with van der Waals surface area (Å²) < 4.78 is 5.56. The third kappa shape index (κ3) is 5.28. The Balaban J connectivity index is 1.22. The summed E-state index contributed by atoms with van der Waals surface area (Å²) in [6, 6.07) is 22.5. The largest absolute Gasteiger partial charge is 0.338 e. The van der Waals surface area contributed by atoms with E-state index in [1.54, 1.807) is 0 Å². The highest BCUT2D eigenvalue weighted by Gasteiger charge is 2.27. The zero-order chi connectivity index (χ0) is 24.4. The van der Waals surface area contributed by atoms with Gasteiger partial charge in [-0.15, -0.1) is 0 Å². The van der Waals surface area contributed by atoms with Crippen molar-refractivity contribution in [2.45, 2.75) is 45.6 Å². The van der Waals surface area contributed by atoms with Gasteiger partial charge >= 0.3 is 0 Å². The summed E-state index contributed by atoms with van der Waals surface area (Å²) in [6.07, 6.45) is 1.84. The highest BCUT2D eigenvalue weighted by molar-refractivity contribution is 6.02. The molecule has 35 heavy (non-hydrogen) atoms. The molecule has 1 aliphatic heterocycles. The lowest BCUT2D eigenvalue weighted by Crippen LogP contribution is -2.40. The van der Waals surface area contributed by atoms with Gasteiger partial charge in [-0.2, -0.15) is 4.98 Å². The molecule has 4 aromatic rings. The van der Waals surface area contributed by atoms with E-state index in [1.165, 1.54) is 5.56 Å². The van der Waals surface area contributed by atoms with Crippen LogP contribution in [0.15, 0.2) is 71.3 Å². The Labute approximate surface area is 206 Å². The molecule has 1 atom stereocenters. The summed E-state index contributed by atoms with van der Waals surface area (Å²) in [6.45, 7) is 8.73. The Bertz CT molecular complexity index is 1320. The molecule has 1 unspecified atom stereocenters. The molecule has 1 amide bonds. The molecule has 1 aliphatic rings. The standard InChI is InChI=1S/C29H32N4O2/c1-29(2,3)23-15-13-21(14-16-23)27-31-26(35-32-27)19-33-17-7-10-22(18-33)28(34)30-25-12-6-9-20-8-4-5-11-24(20)25/h4-6,8-9,11-16,22H,7,10,17-19H2,1-3H3,(H,30,34). The number of amides is 1. The number of carbonyl (C=O) groups excluding carboxylic acids is 1. The number of rotatable bonds is 5. The fraction of sp³-hybridized carbons (Fsp3) is 0.345. The summed E-state index contributed by atoms with van der Waals surface area (Å²) in [5.74, 6) is 1.17. The Hall–Kier alpha value is -3.51.